The average Bonchev–Trinajstić information content (AvgIpc) is 2.33. The molecule has 3 nitrogen and oxygen atoms in total. The van der Waals surface area contributed by atoms with Crippen molar-refractivity contribution in [1.82, 2.24) is 0 Å². The summed E-state index contributed by atoms with van der Waals surface area (Å²) in [6.07, 6.45) is 2.10. The molecule has 16 heavy (non-hydrogen) atoms. The molecule has 0 aromatic heterocycles. The molecule has 4 heteroatoms. The van der Waals surface area contributed by atoms with Crippen LogP contribution in [0.4, 0.5) is 0 Å². The van der Waals surface area contributed by atoms with Crippen LogP contribution in [0.25, 0.3) is 0 Å². The first kappa shape index (κ1) is 11.7. The average molecular weight is 243 g/mol. The van der Waals surface area contributed by atoms with Crippen molar-refractivity contribution in [2.24, 2.45) is 0 Å². The van der Waals surface area contributed by atoms with Gasteiger partial charge in [-0.25, -0.2) is 0 Å². The molecule has 1 fully saturated rings. The third-order valence-corrected chi connectivity index (χ3v) is 2.84. The van der Waals surface area contributed by atoms with Crippen LogP contribution in [0, 0.1) is 0 Å². The van der Waals surface area contributed by atoms with Gasteiger partial charge in [0.15, 0.2) is 0 Å². The van der Waals surface area contributed by atoms with Gasteiger partial charge in [-0.05, 0) is 31.0 Å². The van der Waals surface area contributed by atoms with E-state index in [0.717, 1.165) is 25.0 Å². The summed E-state index contributed by atoms with van der Waals surface area (Å²) < 4.78 is 11.1. The van der Waals surface area contributed by atoms with E-state index in [1.165, 1.54) is 0 Å². The number of aliphatic hydroxyl groups is 1. The third-order valence-electron chi connectivity index (χ3n) is 2.61. The number of aliphatic hydroxyl groups excluding tert-OH is 1. The monoisotopic (exact) mass is 242 g/mol. The third kappa shape index (κ3) is 2.88. The second-order valence-electron chi connectivity index (χ2n) is 3.87. The first-order valence-corrected chi connectivity index (χ1v) is 5.81. The fourth-order valence-electron chi connectivity index (χ4n) is 1.77. The van der Waals surface area contributed by atoms with Gasteiger partial charge >= 0.3 is 0 Å². The van der Waals surface area contributed by atoms with E-state index in [1.807, 2.05) is 0 Å². The highest BCUT2D eigenvalue weighted by Gasteiger charge is 2.16. The predicted molar refractivity (Wildman–Crippen MR) is 61.8 cm³/mol. The zero-order chi connectivity index (χ0) is 11.4. The molecule has 0 radical (unpaired) electrons. The van der Waals surface area contributed by atoms with E-state index in [2.05, 4.69) is 0 Å². The number of rotatable bonds is 3. The van der Waals surface area contributed by atoms with E-state index in [0.29, 0.717) is 17.4 Å². The Bertz CT molecular complexity index is 348. The van der Waals surface area contributed by atoms with Crippen LogP contribution in [0.5, 0.6) is 5.75 Å². The van der Waals surface area contributed by atoms with Crippen LogP contribution in [-0.4, -0.2) is 24.4 Å². The molecule has 0 aliphatic carbocycles. The molecule has 0 saturated carbocycles. The molecule has 1 unspecified atom stereocenters. The van der Waals surface area contributed by atoms with Crippen LogP contribution in [0.1, 0.15) is 18.4 Å². The van der Waals surface area contributed by atoms with Crippen molar-refractivity contribution in [3.05, 3.63) is 28.8 Å². The van der Waals surface area contributed by atoms with Crippen molar-refractivity contribution >= 4 is 11.6 Å². The lowest BCUT2D eigenvalue weighted by atomic mass is 10.1. The van der Waals surface area contributed by atoms with E-state index in [-0.39, 0.29) is 12.7 Å². The standard InChI is InChI=1S/C12H15ClO3/c13-10-3-4-12(9(6-10)7-14)16-11-2-1-5-15-8-11/h3-4,6,11,14H,1-2,5,7-8H2. The van der Waals surface area contributed by atoms with Gasteiger partial charge in [0.1, 0.15) is 11.9 Å². The fraction of sp³-hybridized carbons (Fsp3) is 0.500. The smallest absolute Gasteiger partial charge is 0.125 e. The molecule has 1 aromatic rings. The lowest BCUT2D eigenvalue weighted by Crippen LogP contribution is -2.28. The van der Waals surface area contributed by atoms with E-state index >= 15 is 0 Å². The predicted octanol–water partition coefficient (Wildman–Crippen LogP) is 2.39. The normalized spacial score (nSPS) is 20.8. The van der Waals surface area contributed by atoms with Crippen LogP contribution >= 0.6 is 11.6 Å². The number of ether oxygens (including phenoxy) is 2. The van der Waals surface area contributed by atoms with Crippen molar-refractivity contribution in [2.45, 2.75) is 25.6 Å². The highest BCUT2D eigenvalue weighted by atomic mass is 35.5. The zero-order valence-corrected chi connectivity index (χ0v) is 9.74. The maximum absolute atomic E-state index is 9.20. The molecule has 88 valence electrons. The molecule has 1 aliphatic heterocycles. The first-order valence-electron chi connectivity index (χ1n) is 5.43. The van der Waals surface area contributed by atoms with Crippen molar-refractivity contribution in [2.75, 3.05) is 13.2 Å². The Labute approximate surface area is 99.9 Å². The second kappa shape index (κ2) is 5.53. The summed E-state index contributed by atoms with van der Waals surface area (Å²) in [5.41, 5.74) is 0.720. The van der Waals surface area contributed by atoms with E-state index in [4.69, 9.17) is 21.1 Å². The van der Waals surface area contributed by atoms with Crippen LogP contribution < -0.4 is 4.74 Å². The van der Waals surface area contributed by atoms with Gasteiger partial charge in [-0.15, -0.1) is 0 Å². The summed E-state index contributed by atoms with van der Waals surface area (Å²) in [7, 11) is 0. The molecule has 1 saturated heterocycles. The van der Waals surface area contributed by atoms with Crippen molar-refractivity contribution in [1.29, 1.82) is 0 Å². The van der Waals surface area contributed by atoms with Gasteiger partial charge in [-0.1, -0.05) is 11.6 Å². The largest absolute Gasteiger partial charge is 0.488 e. The van der Waals surface area contributed by atoms with Crippen LogP contribution in [0.3, 0.4) is 0 Å². The van der Waals surface area contributed by atoms with Gasteiger partial charge in [0.25, 0.3) is 0 Å². The minimum Gasteiger partial charge on any atom is -0.488 e. The fourth-order valence-corrected chi connectivity index (χ4v) is 1.96. The van der Waals surface area contributed by atoms with Crippen molar-refractivity contribution in [3.63, 3.8) is 0 Å². The molecule has 1 atom stereocenters. The van der Waals surface area contributed by atoms with E-state index in [9.17, 15) is 5.11 Å². The van der Waals surface area contributed by atoms with E-state index < -0.39 is 0 Å². The van der Waals surface area contributed by atoms with Crippen LogP contribution in [-0.2, 0) is 11.3 Å². The minimum atomic E-state index is -0.0660. The lowest BCUT2D eigenvalue weighted by molar-refractivity contribution is 0.00661. The van der Waals surface area contributed by atoms with Gasteiger partial charge in [0, 0.05) is 17.2 Å². The Morgan fingerprint density at radius 2 is 2.38 bits per heavy atom. The highest BCUT2D eigenvalue weighted by molar-refractivity contribution is 6.30. The Kier molecular flexibility index (Phi) is 4.04. The van der Waals surface area contributed by atoms with E-state index in [1.54, 1.807) is 18.2 Å². The maximum atomic E-state index is 9.20. The SMILES string of the molecule is OCc1cc(Cl)ccc1OC1CCCOC1. The first-order chi connectivity index (χ1) is 7.79. The molecular formula is C12H15ClO3. The molecular weight excluding hydrogens is 228 g/mol. The second-order valence-corrected chi connectivity index (χ2v) is 4.30. The molecule has 0 spiro atoms. The number of hydrogen-bond acceptors (Lipinski definition) is 3. The van der Waals surface area contributed by atoms with Crippen molar-refractivity contribution in [3.8, 4) is 5.75 Å². The summed E-state index contributed by atoms with van der Waals surface area (Å²) in [5, 5.41) is 9.81. The number of halogens is 1. The quantitative estimate of drug-likeness (QED) is 0.885. The zero-order valence-electron chi connectivity index (χ0n) is 8.99. The number of hydrogen-bond donors (Lipinski definition) is 1. The summed E-state index contributed by atoms with van der Waals surface area (Å²) in [6, 6.07) is 5.28. The summed E-state index contributed by atoms with van der Waals surface area (Å²) in [6.45, 7) is 1.37. The maximum Gasteiger partial charge on any atom is 0.125 e. The highest BCUT2D eigenvalue weighted by Crippen LogP contribution is 2.25. The molecule has 1 aliphatic rings. The molecule has 0 amide bonds. The van der Waals surface area contributed by atoms with Gasteiger partial charge in [0.2, 0.25) is 0 Å². The van der Waals surface area contributed by atoms with Crippen LogP contribution in [0.15, 0.2) is 18.2 Å². The number of benzene rings is 1. The Balaban J connectivity index is 2.07. The summed E-state index contributed by atoms with van der Waals surface area (Å²) >= 11 is 5.85. The van der Waals surface area contributed by atoms with Gasteiger partial charge in [-0.2, -0.15) is 0 Å². The van der Waals surface area contributed by atoms with Gasteiger partial charge in [0.05, 0.1) is 13.2 Å². The summed E-state index contributed by atoms with van der Waals surface area (Å²) in [4.78, 5) is 0. The molecule has 1 heterocycles. The Morgan fingerprint density at radius 1 is 1.50 bits per heavy atom. The Morgan fingerprint density at radius 3 is 3.06 bits per heavy atom. The minimum absolute atomic E-state index is 0.0660. The molecule has 1 aromatic carbocycles. The van der Waals surface area contributed by atoms with Gasteiger partial charge < -0.3 is 14.6 Å². The molecule has 1 N–H and O–H groups in total. The topological polar surface area (TPSA) is 38.7 Å². The van der Waals surface area contributed by atoms with Gasteiger partial charge in [-0.3, -0.25) is 0 Å². The Hall–Kier alpha value is -0.770. The van der Waals surface area contributed by atoms with Crippen LogP contribution in [0.2, 0.25) is 5.02 Å². The molecule has 0 bridgehead atoms. The molecule has 2 rings (SSSR count). The van der Waals surface area contributed by atoms with Crippen molar-refractivity contribution < 1.29 is 14.6 Å². The lowest BCUT2D eigenvalue weighted by Gasteiger charge is -2.24. The summed E-state index contributed by atoms with van der Waals surface area (Å²) in [5.74, 6) is 0.697.